The number of ether oxygens (including phenoxy) is 1. The van der Waals surface area contributed by atoms with Crippen LogP contribution in [0.3, 0.4) is 0 Å². The molecular weight excluding hydrogens is 462 g/mol. The Hall–Kier alpha value is -1.13. The van der Waals surface area contributed by atoms with E-state index in [9.17, 15) is 9.50 Å². The van der Waals surface area contributed by atoms with Crippen LogP contribution < -0.4 is 10.2 Å². The summed E-state index contributed by atoms with van der Waals surface area (Å²) in [5.41, 5.74) is -0.112. The molecule has 2 aliphatic rings. The Morgan fingerprint density at radius 1 is 1.22 bits per heavy atom. The number of anilines is 1. The number of aliphatic hydroxyl groups is 1. The summed E-state index contributed by atoms with van der Waals surface area (Å²) in [6.45, 7) is 7.37. The van der Waals surface area contributed by atoms with E-state index in [0.717, 1.165) is 38.7 Å². The highest BCUT2D eigenvalue weighted by Crippen LogP contribution is 2.22. The minimum atomic E-state index is -0.770. The van der Waals surface area contributed by atoms with Gasteiger partial charge in [-0.25, -0.2) is 4.39 Å². The van der Waals surface area contributed by atoms with Crippen molar-refractivity contribution in [2.75, 3.05) is 57.4 Å². The highest BCUT2D eigenvalue weighted by atomic mass is 127. The van der Waals surface area contributed by atoms with Crippen molar-refractivity contribution in [2.45, 2.75) is 25.4 Å². The Balaban J connectivity index is 0.00000261. The van der Waals surface area contributed by atoms with Gasteiger partial charge in [0.2, 0.25) is 0 Å². The van der Waals surface area contributed by atoms with E-state index < -0.39 is 5.60 Å². The van der Waals surface area contributed by atoms with E-state index >= 15 is 0 Å². The van der Waals surface area contributed by atoms with Crippen molar-refractivity contribution in [2.24, 2.45) is 4.99 Å². The molecule has 0 amide bonds. The van der Waals surface area contributed by atoms with E-state index in [4.69, 9.17) is 4.74 Å². The molecule has 3 rings (SSSR count). The van der Waals surface area contributed by atoms with Crippen molar-refractivity contribution < 1.29 is 14.2 Å². The van der Waals surface area contributed by atoms with Gasteiger partial charge in [-0.05, 0) is 19.1 Å². The molecule has 0 bridgehead atoms. The van der Waals surface area contributed by atoms with E-state index in [1.54, 1.807) is 6.07 Å². The van der Waals surface area contributed by atoms with Gasteiger partial charge >= 0.3 is 0 Å². The number of benzene rings is 1. The number of halogens is 2. The molecule has 8 heteroatoms. The zero-order valence-electron chi connectivity index (χ0n) is 15.9. The molecule has 2 fully saturated rings. The maximum atomic E-state index is 14.0. The maximum absolute atomic E-state index is 14.0. The Morgan fingerprint density at radius 2 is 1.89 bits per heavy atom. The van der Waals surface area contributed by atoms with Crippen LogP contribution in [-0.2, 0) is 4.74 Å². The molecule has 1 aromatic carbocycles. The quantitative estimate of drug-likeness (QED) is 0.383. The average molecular weight is 492 g/mol. The molecular formula is C19H30FIN4O2. The second-order valence-corrected chi connectivity index (χ2v) is 6.93. The van der Waals surface area contributed by atoms with Gasteiger partial charge in [0.15, 0.2) is 5.96 Å². The first-order valence-corrected chi connectivity index (χ1v) is 9.44. The highest BCUT2D eigenvalue weighted by molar-refractivity contribution is 14.0. The Bertz CT molecular complexity index is 617. The van der Waals surface area contributed by atoms with Crippen molar-refractivity contribution in [3.05, 3.63) is 30.1 Å². The van der Waals surface area contributed by atoms with Crippen LogP contribution in [0, 0.1) is 5.82 Å². The molecule has 2 aliphatic heterocycles. The van der Waals surface area contributed by atoms with Crippen LogP contribution in [0.4, 0.5) is 10.1 Å². The van der Waals surface area contributed by atoms with Gasteiger partial charge in [-0.1, -0.05) is 12.1 Å². The smallest absolute Gasteiger partial charge is 0.194 e. The molecule has 0 atom stereocenters. The summed E-state index contributed by atoms with van der Waals surface area (Å²) >= 11 is 0. The van der Waals surface area contributed by atoms with E-state index in [2.05, 4.69) is 20.1 Å². The highest BCUT2D eigenvalue weighted by Gasteiger charge is 2.30. The Labute approximate surface area is 177 Å². The molecule has 0 spiro atoms. The van der Waals surface area contributed by atoms with Gasteiger partial charge in [-0.3, -0.25) is 4.99 Å². The molecule has 2 saturated heterocycles. The second-order valence-electron chi connectivity index (χ2n) is 6.93. The largest absolute Gasteiger partial charge is 0.388 e. The van der Waals surface area contributed by atoms with Crippen molar-refractivity contribution in [3.63, 3.8) is 0 Å². The fourth-order valence-electron chi connectivity index (χ4n) is 3.42. The Morgan fingerprint density at radius 3 is 2.52 bits per heavy atom. The van der Waals surface area contributed by atoms with Crippen LogP contribution in [0.15, 0.2) is 29.3 Å². The fraction of sp³-hybridized carbons (Fsp3) is 0.632. The molecule has 2 heterocycles. The van der Waals surface area contributed by atoms with Crippen molar-refractivity contribution in [3.8, 4) is 0 Å². The van der Waals surface area contributed by atoms with Crippen LogP contribution in [0.2, 0.25) is 0 Å². The van der Waals surface area contributed by atoms with Gasteiger partial charge in [0.1, 0.15) is 5.82 Å². The van der Waals surface area contributed by atoms with Gasteiger partial charge in [0.05, 0.1) is 17.8 Å². The van der Waals surface area contributed by atoms with Crippen LogP contribution >= 0.6 is 24.0 Å². The normalized spacial score (nSPS) is 20.2. The summed E-state index contributed by atoms with van der Waals surface area (Å²) in [6.07, 6.45) is 1.24. The number of hydrogen-bond donors (Lipinski definition) is 2. The summed E-state index contributed by atoms with van der Waals surface area (Å²) in [4.78, 5) is 8.94. The summed E-state index contributed by atoms with van der Waals surface area (Å²) in [6, 6.07) is 6.91. The molecule has 0 unspecified atom stereocenters. The number of piperazine rings is 1. The van der Waals surface area contributed by atoms with Crippen molar-refractivity contribution in [1.82, 2.24) is 10.2 Å². The van der Waals surface area contributed by atoms with E-state index in [-0.39, 0.29) is 29.8 Å². The molecule has 0 radical (unpaired) electrons. The molecule has 152 valence electrons. The third kappa shape index (κ3) is 5.92. The monoisotopic (exact) mass is 492 g/mol. The third-order valence-electron chi connectivity index (χ3n) is 5.05. The number of para-hydroxylation sites is 1. The molecule has 0 aromatic heterocycles. The number of nitrogens with one attached hydrogen (secondary N) is 1. The molecule has 0 saturated carbocycles. The summed E-state index contributed by atoms with van der Waals surface area (Å²) in [7, 11) is 0. The second kappa shape index (κ2) is 10.4. The molecule has 2 N–H and O–H groups in total. The first-order chi connectivity index (χ1) is 12.6. The van der Waals surface area contributed by atoms with E-state index in [1.165, 1.54) is 6.07 Å². The zero-order valence-corrected chi connectivity index (χ0v) is 18.2. The number of guanidine groups is 1. The summed E-state index contributed by atoms with van der Waals surface area (Å²) < 4.78 is 19.3. The molecule has 6 nitrogen and oxygen atoms in total. The predicted octanol–water partition coefficient (Wildman–Crippen LogP) is 2.07. The lowest BCUT2D eigenvalue weighted by Crippen LogP contribution is -2.53. The zero-order chi connectivity index (χ0) is 18.4. The lowest BCUT2D eigenvalue weighted by Gasteiger charge is -2.38. The number of nitrogens with zero attached hydrogens (tertiary/aromatic N) is 3. The summed E-state index contributed by atoms with van der Waals surface area (Å²) in [5, 5.41) is 13.9. The lowest BCUT2D eigenvalue weighted by atomic mass is 9.95. The van der Waals surface area contributed by atoms with Gasteiger partial charge < -0.3 is 25.0 Å². The topological polar surface area (TPSA) is 60.3 Å². The first-order valence-electron chi connectivity index (χ1n) is 9.44. The van der Waals surface area contributed by atoms with Gasteiger partial charge in [0.25, 0.3) is 0 Å². The number of hydrogen-bond acceptors (Lipinski definition) is 4. The van der Waals surface area contributed by atoms with Gasteiger partial charge in [-0.15, -0.1) is 24.0 Å². The van der Waals surface area contributed by atoms with E-state index in [1.807, 2.05) is 19.1 Å². The standard InChI is InChI=1S/C19H29FN4O2.HI/c1-2-21-18(22-15-19(25)7-13-26-14-8-19)24-11-9-23(10-12-24)17-6-4-3-5-16(17)20;/h3-6,25H,2,7-15H2,1H3,(H,21,22);1H. The lowest BCUT2D eigenvalue weighted by molar-refractivity contribution is -0.0566. The predicted molar refractivity (Wildman–Crippen MR) is 117 cm³/mol. The first kappa shape index (κ1) is 22.2. The van der Waals surface area contributed by atoms with Crippen LogP contribution in [0.1, 0.15) is 19.8 Å². The van der Waals surface area contributed by atoms with Crippen molar-refractivity contribution in [1.29, 1.82) is 0 Å². The summed E-state index contributed by atoms with van der Waals surface area (Å²) in [5.74, 6) is 0.642. The molecule has 0 aliphatic carbocycles. The van der Waals surface area contributed by atoms with E-state index in [0.29, 0.717) is 38.3 Å². The molecule has 27 heavy (non-hydrogen) atoms. The number of rotatable bonds is 4. The van der Waals surface area contributed by atoms with Gasteiger partial charge in [-0.2, -0.15) is 0 Å². The SMILES string of the molecule is CCNC(=NCC1(O)CCOCC1)N1CCN(c2ccccc2F)CC1.I. The molecule has 1 aromatic rings. The minimum Gasteiger partial charge on any atom is -0.388 e. The average Bonchev–Trinajstić information content (AvgIpc) is 2.66. The van der Waals surface area contributed by atoms with Crippen LogP contribution in [0.5, 0.6) is 0 Å². The minimum absolute atomic E-state index is 0. The van der Waals surface area contributed by atoms with Crippen molar-refractivity contribution >= 4 is 35.6 Å². The maximum Gasteiger partial charge on any atom is 0.194 e. The van der Waals surface area contributed by atoms with Crippen LogP contribution in [-0.4, -0.2) is 74.0 Å². The number of aliphatic imine (C=N–C) groups is 1. The third-order valence-corrected chi connectivity index (χ3v) is 5.05. The van der Waals surface area contributed by atoms with Crippen LogP contribution in [0.25, 0.3) is 0 Å². The Kier molecular flexibility index (Phi) is 8.56. The van der Waals surface area contributed by atoms with Gasteiger partial charge in [0, 0.05) is 58.8 Å². The fourth-order valence-corrected chi connectivity index (χ4v) is 3.42.